The number of ether oxygens (including phenoxy) is 1. The molecule has 0 atom stereocenters. The highest BCUT2D eigenvalue weighted by molar-refractivity contribution is 7.02. The third kappa shape index (κ3) is 4.82. The van der Waals surface area contributed by atoms with Crippen LogP contribution in [0.4, 0.5) is 27.6 Å². The number of nitrogens with one attached hydrogen (secondary N) is 1. The lowest BCUT2D eigenvalue weighted by Gasteiger charge is -2.08. The van der Waals surface area contributed by atoms with E-state index in [1.807, 2.05) is 0 Å². The van der Waals surface area contributed by atoms with Gasteiger partial charge in [0.25, 0.3) is 0 Å². The van der Waals surface area contributed by atoms with Crippen molar-refractivity contribution in [3.63, 3.8) is 0 Å². The number of hydrogen-bond acceptors (Lipinski definition) is 4. The lowest BCUT2D eigenvalue weighted by Crippen LogP contribution is -2.27. The van der Waals surface area contributed by atoms with E-state index in [1.165, 1.54) is 22.8 Å². The Morgan fingerprint density at radius 1 is 1.07 bits per heavy atom. The molecule has 0 fully saturated rings. The van der Waals surface area contributed by atoms with Gasteiger partial charge in [0.15, 0.2) is 11.6 Å². The molecule has 0 saturated heterocycles. The lowest BCUT2D eigenvalue weighted by molar-refractivity contribution is -0.274. The quantitative estimate of drug-likeness (QED) is 0.676. The minimum atomic E-state index is -4.80. The molecule has 0 unspecified atom stereocenters. The van der Waals surface area contributed by atoms with Crippen molar-refractivity contribution in [2.45, 2.75) is 12.9 Å². The van der Waals surface area contributed by atoms with Crippen LogP contribution in [0.25, 0.3) is 0 Å². The predicted molar refractivity (Wildman–Crippen MR) is 86.7 cm³/mol. The highest BCUT2D eigenvalue weighted by atomic mass is 32.1. The molecule has 3 aromatic rings. The smallest absolute Gasteiger partial charge is 0.406 e. The van der Waals surface area contributed by atoms with Gasteiger partial charge in [-0.25, -0.2) is 18.6 Å². The van der Waals surface area contributed by atoms with Gasteiger partial charge in [-0.3, -0.25) is 8.94 Å². The molecule has 1 heterocycles. The molecule has 27 heavy (non-hydrogen) atoms. The molecular formula is C16H10F5N3O2S. The van der Waals surface area contributed by atoms with Gasteiger partial charge in [-0.2, -0.15) is 0 Å². The van der Waals surface area contributed by atoms with Gasteiger partial charge in [0.1, 0.15) is 5.75 Å². The first-order chi connectivity index (χ1) is 12.7. The van der Waals surface area contributed by atoms with Crippen LogP contribution in [0.1, 0.15) is 5.56 Å². The Labute approximate surface area is 152 Å². The molecule has 0 aliphatic rings. The molecule has 0 amide bonds. The first kappa shape index (κ1) is 18.8. The SMILES string of the molecule is O=c1[nH]s/c(=N\c2ccc(OC(F)(F)F)cc2)n1Cc1ccc(F)c(F)c1. The van der Waals surface area contributed by atoms with Crippen molar-refractivity contribution in [3.05, 3.63) is 74.9 Å². The van der Waals surface area contributed by atoms with Crippen molar-refractivity contribution in [2.75, 3.05) is 0 Å². The molecule has 1 N–H and O–H groups in total. The fourth-order valence-corrected chi connectivity index (χ4v) is 2.86. The van der Waals surface area contributed by atoms with E-state index < -0.39 is 29.4 Å². The first-order valence-electron chi connectivity index (χ1n) is 7.34. The Morgan fingerprint density at radius 3 is 2.41 bits per heavy atom. The van der Waals surface area contributed by atoms with E-state index >= 15 is 0 Å². The van der Waals surface area contributed by atoms with Crippen LogP contribution < -0.4 is 15.2 Å². The van der Waals surface area contributed by atoms with Crippen molar-refractivity contribution in [2.24, 2.45) is 4.99 Å². The molecule has 0 spiro atoms. The largest absolute Gasteiger partial charge is 0.573 e. The highest BCUT2D eigenvalue weighted by Gasteiger charge is 2.30. The van der Waals surface area contributed by atoms with E-state index in [9.17, 15) is 26.7 Å². The molecule has 3 rings (SSSR count). The molecule has 0 aliphatic heterocycles. The van der Waals surface area contributed by atoms with Gasteiger partial charge in [0.05, 0.1) is 12.2 Å². The monoisotopic (exact) mass is 403 g/mol. The molecule has 0 aliphatic carbocycles. The van der Waals surface area contributed by atoms with E-state index in [0.717, 1.165) is 35.8 Å². The summed E-state index contributed by atoms with van der Waals surface area (Å²) in [6.45, 7) is -0.0653. The molecule has 1 aromatic heterocycles. The molecule has 0 radical (unpaired) electrons. The summed E-state index contributed by atoms with van der Waals surface area (Å²) in [5, 5.41) is 0. The molecular weight excluding hydrogens is 393 g/mol. The highest BCUT2D eigenvalue weighted by Crippen LogP contribution is 2.24. The minimum absolute atomic E-state index is 0.0653. The fourth-order valence-electron chi connectivity index (χ4n) is 2.16. The number of rotatable bonds is 4. The van der Waals surface area contributed by atoms with Gasteiger partial charge in [0.2, 0.25) is 4.80 Å². The van der Waals surface area contributed by atoms with Gasteiger partial charge in [-0.15, -0.1) is 13.2 Å². The van der Waals surface area contributed by atoms with Crippen molar-refractivity contribution in [1.29, 1.82) is 0 Å². The summed E-state index contributed by atoms with van der Waals surface area (Å²) >= 11 is 0.892. The van der Waals surface area contributed by atoms with E-state index in [2.05, 4.69) is 14.1 Å². The maximum atomic E-state index is 13.3. The number of alkyl halides is 3. The number of aromatic amines is 1. The maximum Gasteiger partial charge on any atom is 0.573 e. The summed E-state index contributed by atoms with van der Waals surface area (Å²) in [5.41, 5.74) is 0.104. The third-order valence-corrected chi connectivity index (χ3v) is 4.10. The van der Waals surface area contributed by atoms with Gasteiger partial charge < -0.3 is 4.74 Å². The maximum absolute atomic E-state index is 13.3. The van der Waals surface area contributed by atoms with E-state index in [-0.39, 0.29) is 17.0 Å². The summed E-state index contributed by atoms with van der Waals surface area (Å²) in [7, 11) is 0. The van der Waals surface area contributed by atoms with E-state index in [0.29, 0.717) is 5.56 Å². The molecule has 142 valence electrons. The van der Waals surface area contributed by atoms with E-state index in [1.54, 1.807) is 0 Å². The predicted octanol–water partition coefficient (Wildman–Crippen LogP) is 3.70. The average Bonchev–Trinajstić information content (AvgIpc) is 2.92. The number of H-pyrrole nitrogens is 1. The van der Waals surface area contributed by atoms with Crippen LogP contribution in [-0.2, 0) is 6.54 Å². The normalized spacial score (nSPS) is 12.4. The first-order valence-corrected chi connectivity index (χ1v) is 8.16. The summed E-state index contributed by atoms with van der Waals surface area (Å²) in [5.74, 6) is -2.45. The van der Waals surface area contributed by atoms with Gasteiger partial charge in [0, 0.05) is 0 Å². The minimum Gasteiger partial charge on any atom is -0.406 e. The van der Waals surface area contributed by atoms with Crippen molar-refractivity contribution in [3.8, 4) is 5.75 Å². The molecule has 0 saturated carbocycles. The summed E-state index contributed by atoms with van der Waals surface area (Å²) < 4.78 is 70.3. The topological polar surface area (TPSA) is 59.4 Å². The Bertz CT molecular complexity index is 1070. The van der Waals surface area contributed by atoms with Crippen LogP contribution in [0.3, 0.4) is 0 Å². The average molecular weight is 403 g/mol. The number of aromatic nitrogens is 2. The summed E-state index contributed by atoms with van der Waals surface area (Å²) in [4.78, 5) is 16.3. The van der Waals surface area contributed by atoms with Crippen molar-refractivity contribution in [1.82, 2.24) is 8.94 Å². The summed E-state index contributed by atoms with van der Waals surface area (Å²) in [6.07, 6.45) is -4.80. The van der Waals surface area contributed by atoms with Crippen LogP contribution in [0.15, 0.2) is 52.3 Å². The Hall–Kier alpha value is -2.95. The Balaban J connectivity index is 1.89. The number of nitrogens with zero attached hydrogens (tertiary/aromatic N) is 2. The second kappa shape index (κ2) is 7.35. The molecule has 5 nitrogen and oxygen atoms in total. The Morgan fingerprint density at radius 2 is 1.78 bits per heavy atom. The van der Waals surface area contributed by atoms with Crippen LogP contribution in [-0.4, -0.2) is 15.3 Å². The lowest BCUT2D eigenvalue weighted by atomic mass is 10.2. The second-order valence-electron chi connectivity index (χ2n) is 5.28. The number of halogens is 5. The van der Waals surface area contributed by atoms with Gasteiger partial charge in [-0.1, -0.05) is 6.07 Å². The fraction of sp³-hybridized carbons (Fsp3) is 0.125. The number of benzene rings is 2. The second-order valence-corrected chi connectivity index (χ2v) is 6.05. The van der Waals surface area contributed by atoms with Crippen LogP contribution in [0.2, 0.25) is 0 Å². The molecule has 2 aromatic carbocycles. The van der Waals surface area contributed by atoms with Gasteiger partial charge in [-0.05, 0) is 53.5 Å². The zero-order chi connectivity index (χ0) is 19.6. The molecule has 0 bridgehead atoms. The van der Waals surface area contributed by atoms with Crippen LogP contribution in [0, 0.1) is 11.6 Å². The van der Waals surface area contributed by atoms with E-state index in [4.69, 9.17) is 0 Å². The van der Waals surface area contributed by atoms with Crippen molar-refractivity contribution >= 4 is 17.2 Å². The number of hydrogen-bond donors (Lipinski definition) is 1. The Kier molecular flexibility index (Phi) is 5.13. The standard InChI is InChI=1S/C16H10F5N3O2S/c17-12-6-1-9(7-13(12)18)8-24-14(25)23-27-15(24)22-10-2-4-11(5-3-10)26-16(19,20)21/h1-7H,8H2,(H,23,25)/b22-15-. The zero-order valence-electron chi connectivity index (χ0n) is 13.3. The van der Waals surface area contributed by atoms with Crippen LogP contribution in [0.5, 0.6) is 5.75 Å². The van der Waals surface area contributed by atoms with Crippen molar-refractivity contribution < 1.29 is 26.7 Å². The zero-order valence-corrected chi connectivity index (χ0v) is 14.1. The van der Waals surface area contributed by atoms with Gasteiger partial charge >= 0.3 is 12.1 Å². The third-order valence-electron chi connectivity index (χ3n) is 3.33. The summed E-state index contributed by atoms with van der Waals surface area (Å²) in [6, 6.07) is 7.98. The molecule has 11 heteroatoms. The van der Waals surface area contributed by atoms with Crippen LogP contribution >= 0.6 is 11.5 Å².